The van der Waals surface area contributed by atoms with E-state index in [1.54, 1.807) is 6.07 Å². The fraction of sp³-hybridized carbons (Fsp3) is 0.692. The van der Waals surface area contributed by atoms with E-state index in [1.165, 1.54) is 6.42 Å². The predicted octanol–water partition coefficient (Wildman–Crippen LogP) is 1.95. The van der Waals surface area contributed by atoms with Gasteiger partial charge in [-0.05, 0) is 24.7 Å². The molecular weight excluding hydrogens is 214 g/mol. The van der Waals surface area contributed by atoms with Gasteiger partial charge >= 0.3 is 0 Å². The van der Waals surface area contributed by atoms with E-state index in [-0.39, 0.29) is 5.56 Å². The summed E-state index contributed by atoms with van der Waals surface area (Å²) in [4.78, 5) is 20.7. The first kappa shape index (κ1) is 12.1. The first-order chi connectivity index (χ1) is 7.86. The normalized spacial score (nSPS) is 20.9. The molecule has 0 aromatic carbocycles. The summed E-state index contributed by atoms with van der Waals surface area (Å²) < 4.78 is 0. The van der Waals surface area contributed by atoms with Crippen LogP contribution < -0.4 is 10.5 Å². The molecule has 0 bridgehead atoms. The number of H-pyrrole nitrogens is 1. The number of anilines is 1. The summed E-state index contributed by atoms with van der Waals surface area (Å²) in [6.07, 6.45) is 1.18. The van der Waals surface area contributed by atoms with Crippen LogP contribution in [0.2, 0.25) is 0 Å². The van der Waals surface area contributed by atoms with Crippen molar-refractivity contribution in [3.05, 3.63) is 22.2 Å². The Morgan fingerprint density at radius 1 is 1.47 bits per heavy atom. The Morgan fingerprint density at radius 3 is 2.71 bits per heavy atom. The third-order valence-corrected chi connectivity index (χ3v) is 3.58. The minimum Gasteiger partial charge on any atom is -0.356 e. The second kappa shape index (κ2) is 4.17. The Bertz CT molecular complexity index is 458. The molecule has 1 atom stereocenters. The number of hydrogen-bond donors (Lipinski definition) is 1. The summed E-state index contributed by atoms with van der Waals surface area (Å²) in [6, 6.07) is 1.60. The largest absolute Gasteiger partial charge is 0.356 e. The van der Waals surface area contributed by atoms with Crippen molar-refractivity contribution in [2.24, 2.45) is 11.3 Å². The molecule has 0 amide bonds. The van der Waals surface area contributed by atoms with Crippen LogP contribution in [-0.2, 0) is 0 Å². The lowest BCUT2D eigenvalue weighted by molar-refractivity contribution is 0.263. The Kier molecular flexibility index (Phi) is 2.98. The van der Waals surface area contributed by atoms with E-state index in [2.05, 4.69) is 35.6 Å². The van der Waals surface area contributed by atoms with Gasteiger partial charge in [-0.25, -0.2) is 4.98 Å². The van der Waals surface area contributed by atoms with Crippen LogP contribution in [0.1, 0.15) is 33.0 Å². The Hall–Kier alpha value is -1.32. The van der Waals surface area contributed by atoms with E-state index in [1.807, 2.05) is 6.92 Å². The molecule has 1 aromatic heterocycles. The maximum Gasteiger partial charge on any atom is 0.252 e. The van der Waals surface area contributed by atoms with Gasteiger partial charge in [-0.1, -0.05) is 20.8 Å². The number of nitrogens with zero attached hydrogens (tertiary/aromatic N) is 2. The molecule has 94 valence electrons. The molecule has 1 fully saturated rings. The zero-order valence-corrected chi connectivity index (χ0v) is 11.1. The lowest BCUT2D eigenvalue weighted by Crippen LogP contribution is -2.27. The smallest absolute Gasteiger partial charge is 0.252 e. The molecule has 4 heteroatoms. The maximum atomic E-state index is 11.4. The van der Waals surface area contributed by atoms with Crippen LogP contribution in [-0.4, -0.2) is 23.1 Å². The highest BCUT2D eigenvalue weighted by Gasteiger charge is 2.32. The lowest BCUT2D eigenvalue weighted by Gasteiger charge is -2.27. The Morgan fingerprint density at radius 2 is 2.18 bits per heavy atom. The highest BCUT2D eigenvalue weighted by molar-refractivity contribution is 5.38. The second-order valence-corrected chi connectivity index (χ2v) is 5.99. The van der Waals surface area contributed by atoms with E-state index in [0.717, 1.165) is 18.9 Å². The van der Waals surface area contributed by atoms with Crippen LogP contribution >= 0.6 is 0 Å². The van der Waals surface area contributed by atoms with Crippen LogP contribution in [0, 0.1) is 18.3 Å². The summed E-state index contributed by atoms with van der Waals surface area (Å²) in [7, 11) is 0. The molecule has 2 rings (SSSR count). The molecular formula is C13H21N3O. The van der Waals surface area contributed by atoms with Gasteiger partial charge in [-0.2, -0.15) is 0 Å². The van der Waals surface area contributed by atoms with Gasteiger partial charge in [0, 0.05) is 19.2 Å². The lowest BCUT2D eigenvalue weighted by atomic mass is 9.80. The molecule has 4 nitrogen and oxygen atoms in total. The fourth-order valence-corrected chi connectivity index (χ4v) is 2.40. The molecule has 2 heterocycles. The third kappa shape index (κ3) is 2.68. The first-order valence-electron chi connectivity index (χ1n) is 6.19. The second-order valence-electron chi connectivity index (χ2n) is 5.99. The molecule has 1 aromatic rings. The van der Waals surface area contributed by atoms with Crippen LogP contribution in [0.4, 0.5) is 5.82 Å². The van der Waals surface area contributed by atoms with Gasteiger partial charge in [0.15, 0.2) is 0 Å². The standard InChI is InChI=1S/C13H21N3O/c1-9-14-11(7-12(17)15-9)16-6-5-10(8-16)13(2,3)4/h7,10H,5-6,8H2,1-4H3,(H,14,15,17). The third-order valence-electron chi connectivity index (χ3n) is 3.58. The summed E-state index contributed by atoms with van der Waals surface area (Å²) in [5.41, 5.74) is 0.261. The number of aryl methyl sites for hydroxylation is 1. The molecule has 1 aliphatic heterocycles. The average molecular weight is 235 g/mol. The van der Waals surface area contributed by atoms with Gasteiger partial charge in [-0.3, -0.25) is 4.79 Å². The number of aromatic amines is 1. The minimum atomic E-state index is -0.0632. The SMILES string of the molecule is Cc1nc(N2CCC(C(C)(C)C)C2)cc(=O)[nH]1. The summed E-state index contributed by atoms with van der Waals surface area (Å²) in [5, 5.41) is 0. The number of rotatable bonds is 1. The maximum absolute atomic E-state index is 11.4. The van der Waals surface area contributed by atoms with E-state index in [4.69, 9.17) is 0 Å². The fourth-order valence-electron chi connectivity index (χ4n) is 2.40. The van der Waals surface area contributed by atoms with Gasteiger partial charge in [0.2, 0.25) is 0 Å². The zero-order chi connectivity index (χ0) is 12.6. The molecule has 1 aliphatic rings. The molecule has 1 N–H and O–H groups in total. The van der Waals surface area contributed by atoms with E-state index >= 15 is 0 Å². The van der Waals surface area contributed by atoms with Crippen LogP contribution in [0.5, 0.6) is 0 Å². The van der Waals surface area contributed by atoms with Crippen LogP contribution in [0.25, 0.3) is 0 Å². The van der Waals surface area contributed by atoms with Crippen molar-refractivity contribution in [2.45, 2.75) is 34.1 Å². The predicted molar refractivity (Wildman–Crippen MR) is 69.4 cm³/mol. The van der Waals surface area contributed by atoms with Crippen molar-refractivity contribution in [2.75, 3.05) is 18.0 Å². The molecule has 1 unspecified atom stereocenters. The number of hydrogen-bond acceptors (Lipinski definition) is 3. The number of nitrogens with one attached hydrogen (secondary N) is 1. The Labute approximate surface area is 102 Å². The Balaban J connectivity index is 2.18. The number of aromatic nitrogens is 2. The molecule has 1 saturated heterocycles. The highest BCUT2D eigenvalue weighted by Crippen LogP contribution is 2.34. The topological polar surface area (TPSA) is 49.0 Å². The van der Waals surface area contributed by atoms with Gasteiger partial charge in [-0.15, -0.1) is 0 Å². The molecule has 17 heavy (non-hydrogen) atoms. The molecule has 0 aliphatic carbocycles. The summed E-state index contributed by atoms with van der Waals surface area (Å²) in [6.45, 7) is 10.6. The van der Waals surface area contributed by atoms with E-state index in [0.29, 0.717) is 17.2 Å². The van der Waals surface area contributed by atoms with Crippen LogP contribution in [0.15, 0.2) is 10.9 Å². The van der Waals surface area contributed by atoms with Crippen molar-refractivity contribution in [3.63, 3.8) is 0 Å². The van der Waals surface area contributed by atoms with E-state index < -0.39 is 0 Å². The van der Waals surface area contributed by atoms with Crippen LogP contribution in [0.3, 0.4) is 0 Å². The van der Waals surface area contributed by atoms with Gasteiger partial charge in [0.1, 0.15) is 11.6 Å². The molecule has 0 spiro atoms. The zero-order valence-electron chi connectivity index (χ0n) is 11.1. The van der Waals surface area contributed by atoms with Gasteiger partial charge < -0.3 is 9.88 Å². The van der Waals surface area contributed by atoms with E-state index in [9.17, 15) is 4.79 Å². The first-order valence-corrected chi connectivity index (χ1v) is 6.19. The van der Waals surface area contributed by atoms with Crippen molar-refractivity contribution in [1.82, 2.24) is 9.97 Å². The quantitative estimate of drug-likeness (QED) is 0.809. The van der Waals surface area contributed by atoms with Crippen molar-refractivity contribution in [1.29, 1.82) is 0 Å². The van der Waals surface area contributed by atoms with Gasteiger partial charge in [0.25, 0.3) is 5.56 Å². The minimum absolute atomic E-state index is 0.0632. The summed E-state index contributed by atoms with van der Waals surface area (Å²) in [5.74, 6) is 2.17. The average Bonchev–Trinajstić information content (AvgIpc) is 2.63. The van der Waals surface area contributed by atoms with Crippen molar-refractivity contribution in [3.8, 4) is 0 Å². The highest BCUT2D eigenvalue weighted by atomic mass is 16.1. The molecule has 0 saturated carbocycles. The molecule has 0 radical (unpaired) electrons. The van der Waals surface area contributed by atoms with Crippen molar-refractivity contribution < 1.29 is 0 Å². The monoisotopic (exact) mass is 235 g/mol. The van der Waals surface area contributed by atoms with Crippen molar-refractivity contribution >= 4 is 5.82 Å². The summed E-state index contributed by atoms with van der Waals surface area (Å²) >= 11 is 0. The van der Waals surface area contributed by atoms with Gasteiger partial charge in [0.05, 0.1) is 0 Å².